The van der Waals surface area contributed by atoms with Crippen LogP contribution in [0.3, 0.4) is 0 Å². The highest BCUT2D eigenvalue weighted by molar-refractivity contribution is 5.81. The number of aryl methyl sites for hydroxylation is 2. The van der Waals surface area contributed by atoms with Gasteiger partial charge < -0.3 is 0 Å². The molecule has 0 spiro atoms. The number of fused-ring (bicyclic) bond motifs is 3. The third kappa shape index (κ3) is 2.93. The van der Waals surface area contributed by atoms with Crippen molar-refractivity contribution >= 4 is 11.0 Å². The number of hydrogen-bond acceptors (Lipinski definition) is 4. The Bertz CT molecular complexity index is 999. The van der Waals surface area contributed by atoms with Gasteiger partial charge in [0.1, 0.15) is 11.3 Å². The zero-order chi connectivity index (χ0) is 19.8. The first kappa shape index (κ1) is 18.9. The van der Waals surface area contributed by atoms with Gasteiger partial charge in [-0.2, -0.15) is 10.4 Å². The number of hydrogen-bond donors (Lipinski definition) is 1. The highest BCUT2D eigenvalue weighted by Gasteiger charge is 2.45. The molecule has 0 aromatic carbocycles. The van der Waals surface area contributed by atoms with Crippen LogP contribution in [0, 0.1) is 17.2 Å². The van der Waals surface area contributed by atoms with Crippen molar-refractivity contribution in [2.24, 2.45) is 5.92 Å². The zero-order valence-electron chi connectivity index (χ0n) is 17.3. The van der Waals surface area contributed by atoms with Gasteiger partial charge in [0.05, 0.1) is 25.2 Å². The molecule has 6 heteroatoms. The number of aromatic nitrogens is 3. The fourth-order valence-corrected chi connectivity index (χ4v) is 6.24. The molecule has 1 saturated carbocycles. The van der Waals surface area contributed by atoms with E-state index in [2.05, 4.69) is 21.1 Å². The number of nitriles is 1. The number of nitrogens with one attached hydrogen (secondary N) is 1. The maximum atomic E-state index is 14.0. The van der Waals surface area contributed by atoms with Crippen molar-refractivity contribution in [3.05, 3.63) is 27.7 Å². The molecule has 2 aliphatic carbocycles. The van der Waals surface area contributed by atoms with Gasteiger partial charge in [0, 0.05) is 10.9 Å². The molecule has 1 N–H and O–H groups in total. The second-order valence-corrected chi connectivity index (χ2v) is 9.11. The summed E-state index contributed by atoms with van der Waals surface area (Å²) in [6.07, 6.45) is 14.8. The molecule has 0 amide bonds. The number of rotatable bonds is 4. The Labute approximate surface area is 171 Å². The molecule has 3 heterocycles. The largest absolute Gasteiger partial charge is 0.294 e. The van der Waals surface area contributed by atoms with Crippen LogP contribution in [0.1, 0.15) is 75.3 Å². The fourth-order valence-electron chi connectivity index (χ4n) is 6.24. The summed E-state index contributed by atoms with van der Waals surface area (Å²) in [4.78, 5) is 14.0. The minimum Gasteiger partial charge on any atom is -0.294 e. The van der Waals surface area contributed by atoms with Crippen molar-refractivity contribution in [2.75, 3.05) is 6.54 Å². The Morgan fingerprint density at radius 1 is 1.14 bits per heavy atom. The quantitative estimate of drug-likeness (QED) is 0.861. The summed E-state index contributed by atoms with van der Waals surface area (Å²) in [5.41, 5.74) is 3.09. The van der Waals surface area contributed by atoms with Crippen molar-refractivity contribution < 1.29 is 0 Å². The maximum Gasteiger partial charge on any atom is 0.257 e. The van der Waals surface area contributed by atoms with Gasteiger partial charge in [0.15, 0.2) is 0 Å². The van der Waals surface area contributed by atoms with Crippen LogP contribution in [-0.2, 0) is 25.0 Å². The summed E-state index contributed by atoms with van der Waals surface area (Å²) >= 11 is 0. The van der Waals surface area contributed by atoms with E-state index < -0.39 is 0 Å². The first-order valence-corrected chi connectivity index (χ1v) is 11.5. The van der Waals surface area contributed by atoms with Crippen LogP contribution in [0.4, 0.5) is 0 Å². The molecule has 0 unspecified atom stereocenters. The van der Waals surface area contributed by atoms with Gasteiger partial charge >= 0.3 is 0 Å². The lowest BCUT2D eigenvalue weighted by atomic mass is 9.78. The molecule has 0 bridgehead atoms. The summed E-state index contributed by atoms with van der Waals surface area (Å²) in [6.45, 7) is 1.51. The SMILES string of the molecule is N#CCCn1ncc2c3c(c(=O)n([C@@]4(C5CCCCC5)CCCN4)c21)CCCC3. The van der Waals surface area contributed by atoms with E-state index in [1.807, 2.05) is 10.9 Å². The van der Waals surface area contributed by atoms with Crippen molar-refractivity contribution in [3.8, 4) is 6.07 Å². The lowest BCUT2D eigenvalue weighted by molar-refractivity contribution is 0.104. The van der Waals surface area contributed by atoms with E-state index in [1.54, 1.807) is 0 Å². The van der Waals surface area contributed by atoms with Gasteiger partial charge in [-0.3, -0.25) is 14.7 Å². The van der Waals surface area contributed by atoms with Crippen molar-refractivity contribution in [1.82, 2.24) is 19.7 Å². The Kier molecular flexibility index (Phi) is 4.95. The van der Waals surface area contributed by atoms with Crippen LogP contribution in [0.5, 0.6) is 0 Å². The molecule has 6 nitrogen and oxygen atoms in total. The first-order chi connectivity index (χ1) is 14.3. The van der Waals surface area contributed by atoms with Crippen molar-refractivity contribution in [2.45, 2.75) is 89.3 Å². The number of nitrogens with zero attached hydrogens (tertiary/aromatic N) is 4. The summed E-state index contributed by atoms with van der Waals surface area (Å²) < 4.78 is 4.05. The zero-order valence-corrected chi connectivity index (χ0v) is 17.3. The van der Waals surface area contributed by atoms with Crippen molar-refractivity contribution in [1.29, 1.82) is 5.26 Å². The fraction of sp³-hybridized carbons (Fsp3) is 0.696. The van der Waals surface area contributed by atoms with Crippen LogP contribution >= 0.6 is 0 Å². The van der Waals surface area contributed by atoms with Gasteiger partial charge in [-0.1, -0.05) is 19.3 Å². The third-order valence-electron chi connectivity index (χ3n) is 7.56. The average molecular weight is 394 g/mol. The van der Waals surface area contributed by atoms with E-state index in [0.29, 0.717) is 18.9 Å². The molecular weight excluding hydrogens is 362 g/mol. The molecular formula is C23H31N5O. The lowest BCUT2D eigenvalue weighted by Gasteiger charge is -2.42. The maximum absolute atomic E-state index is 14.0. The van der Waals surface area contributed by atoms with E-state index in [0.717, 1.165) is 61.7 Å². The Balaban J connectivity index is 1.79. The molecule has 2 aromatic heterocycles. The van der Waals surface area contributed by atoms with E-state index in [4.69, 9.17) is 5.26 Å². The van der Waals surface area contributed by atoms with E-state index in [-0.39, 0.29) is 11.2 Å². The van der Waals surface area contributed by atoms with E-state index in [1.165, 1.54) is 37.7 Å². The monoisotopic (exact) mass is 393 g/mol. The standard InChI is InChI=1S/C23H31N5O/c24-13-7-15-27-21-20(16-26-27)18-10-4-5-11-19(18)22(29)28(21)23(12-6-14-25-23)17-8-2-1-3-9-17/h16-17,25H,1-12,14-15H2/t23-/m1/s1. The molecule has 1 atom stereocenters. The average Bonchev–Trinajstić information content (AvgIpc) is 3.42. The number of pyridine rings is 1. The minimum atomic E-state index is -0.299. The molecule has 5 rings (SSSR count). The molecule has 1 aliphatic heterocycles. The normalized spacial score (nSPS) is 25.2. The predicted molar refractivity (Wildman–Crippen MR) is 113 cm³/mol. The third-order valence-corrected chi connectivity index (χ3v) is 7.56. The Hall–Kier alpha value is -2.13. The summed E-state index contributed by atoms with van der Waals surface area (Å²) in [5.74, 6) is 0.487. The van der Waals surface area contributed by atoms with Gasteiger partial charge in [0.25, 0.3) is 5.56 Å². The van der Waals surface area contributed by atoms with Crippen LogP contribution in [0.2, 0.25) is 0 Å². The Morgan fingerprint density at radius 2 is 1.93 bits per heavy atom. The van der Waals surface area contributed by atoms with Crippen molar-refractivity contribution in [3.63, 3.8) is 0 Å². The molecule has 3 aliphatic rings. The molecule has 0 radical (unpaired) electrons. The molecule has 2 fully saturated rings. The highest BCUT2D eigenvalue weighted by Crippen LogP contribution is 2.42. The Morgan fingerprint density at radius 3 is 2.66 bits per heavy atom. The molecule has 29 heavy (non-hydrogen) atoms. The predicted octanol–water partition coefficient (Wildman–Crippen LogP) is 3.61. The second kappa shape index (κ2) is 7.60. The smallest absolute Gasteiger partial charge is 0.257 e. The van der Waals surface area contributed by atoms with E-state index in [9.17, 15) is 4.79 Å². The first-order valence-electron chi connectivity index (χ1n) is 11.5. The molecule has 1 saturated heterocycles. The highest BCUT2D eigenvalue weighted by atomic mass is 16.1. The van der Waals surface area contributed by atoms with Gasteiger partial charge in [0.2, 0.25) is 0 Å². The van der Waals surface area contributed by atoms with Crippen LogP contribution in [-0.4, -0.2) is 20.9 Å². The summed E-state index contributed by atoms with van der Waals surface area (Å²) in [5, 5.41) is 18.8. The van der Waals surface area contributed by atoms with Crippen LogP contribution in [0.15, 0.2) is 11.0 Å². The topological polar surface area (TPSA) is 75.6 Å². The minimum absolute atomic E-state index is 0.200. The molecule has 2 aromatic rings. The summed E-state index contributed by atoms with van der Waals surface area (Å²) in [6, 6.07) is 2.25. The summed E-state index contributed by atoms with van der Waals surface area (Å²) in [7, 11) is 0. The van der Waals surface area contributed by atoms with Gasteiger partial charge in [-0.15, -0.1) is 0 Å². The van der Waals surface area contributed by atoms with Gasteiger partial charge in [-0.25, -0.2) is 4.68 Å². The lowest BCUT2D eigenvalue weighted by Crippen LogP contribution is -2.55. The van der Waals surface area contributed by atoms with Crippen LogP contribution in [0.25, 0.3) is 11.0 Å². The molecule has 154 valence electrons. The van der Waals surface area contributed by atoms with Crippen LogP contribution < -0.4 is 10.9 Å². The van der Waals surface area contributed by atoms with Gasteiger partial charge in [-0.05, 0) is 69.4 Å². The van der Waals surface area contributed by atoms with E-state index >= 15 is 0 Å². The second-order valence-electron chi connectivity index (χ2n) is 9.11.